The number of nitrogens with one attached hydrogen (secondary N) is 1. The van der Waals surface area contributed by atoms with Crippen molar-refractivity contribution in [1.82, 2.24) is 10.2 Å². The fourth-order valence-corrected chi connectivity index (χ4v) is 4.31. The standard InChI is InChI=1S/C26H27ClN2O2S/c1-2-28-26(31)24(17-20-9-5-3-6-10-20)29(18-21-13-15-22(27)16-14-21)25(30)19-32-23-11-7-4-8-12-23/h3-16,24H,2,17-19H2,1H3,(H,28,31). The molecule has 0 saturated carbocycles. The average molecular weight is 467 g/mol. The number of halogens is 1. The van der Waals surface area contributed by atoms with E-state index in [1.165, 1.54) is 11.8 Å². The van der Waals surface area contributed by atoms with Crippen molar-refractivity contribution in [3.05, 3.63) is 101 Å². The minimum absolute atomic E-state index is 0.0824. The number of nitrogens with zero attached hydrogens (tertiary/aromatic N) is 1. The highest BCUT2D eigenvalue weighted by Crippen LogP contribution is 2.21. The van der Waals surface area contributed by atoms with Crippen LogP contribution in [0.25, 0.3) is 0 Å². The second-order valence-corrected chi connectivity index (χ2v) is 8.84. The Morgan fingerprint density at radius 3 is 2.16 bits per heavy atom. The Morgan fingerprint density at radius 2 is 1.53 bits per heavy atom. The summed E-state index contributed by atoms with van der Waals surface area (Å²) in [5.74, 6) is 0.0202. The second kappa shape index (κ2) is 12.3. The number of carbonyl (C=O) groups excluding carboxylic acids is 2. The van der Waals surface area contributed by atoms with Crippen LogP contribution in [0.2, 0.25) is 5.02 Å². The first kappa shape index (κ1) is 23.9. The number of benzene rings is 3. The molecule has 0 aliphatic rings. The predicted molar refractivity (Wildman–Crippen MR) is 132 cm³/mol. The van der Waals surface area contributed by atoms with Crippen molar-refractivity contribution >= 4 is 35.2 Å². The number of hydrogen-bond acceptors (Lipinski definition) is 3. The molecule has 0 radical (unpaired) electrons. The third-order valence-electron chi connectivity index (χ3n) is 4.99. The molecule has 1 N–H and O–H groups in total. The normalized spacial score (nSPS) is 11.6. The van der Waals surface area contributed by atoms with E-state index in [4.69, 9.17) is 11.6 Å². The van der Waals surface area contributed by atoms with Crippen LogP contribution in [-0.2, 0) is 22.6 Å². The highest BCUT2D eigenvalue weighted by atomic mass is 35.5. The first-order valence-corrected chi connectivity index (χ1v) is 12.0. The second-order valence-electron chi connectivity index (χ2n) is 7.35. The van der Waals surface area contributed by atoms with Crippen LogP contribution < -0.4 is 5.32 Å². The first-order chi connectivity index (χ1) is 15.6. The summed E-state index contributed by atoms with van der Waals surface area (Å²) in [7, 11) is 0. The van der Waals surface area contributed by atoms with Crippen molar-refractivity contribution < 1.29 is 9.59 Å². The molecule has 2 amide bonds. The van der Waals surface area contributed by atoms with Crippen LogP contribution in [-0.4, -0.2) is 35.1 Å². The van der Waals surface area contributed by atoms with E-state index in [0.717, 1.165) is 16.0 Å². The largest absolute Gasteiger partial charge is 0.355 e. The van der Waals surface area contributed by atoms with Crippen molar-refractivity contribution in [3.63, 3.8) is 0 Å². The molecule has 0 heterocycles. The zero-order valence-electron chi connectivity index (χ0n) is 18.0. The van der Waals surface area contributed by atoms with E-state index >= 15 is 0 Å². The van der Waals surface area contributed by atoms with Crippen LogP contribution >= 0.6 is 23.4 Å². The molecule has 4 nitrogen and oxygen atoms in total. The quantitative estimate of drug-likeness (QED) is 0.417. The lowest BCUT2D eigenvalue weighted by Crippen LogP contribution is -2.51. The number of amides is 2. The fourth-order valence-electron chi connectivity index (χ4n) is 3.38. The van der Waals surface area contributed by atoms with Crippen LogP contribution in [0.1, 0.15) is 18.1 Å². The van der Waals surface area contributed by atoms with Crippen molar-refractivity contribution in [2.75, 3.05) is 12.3 Å². The molecule has 0 aliphatic heterocycles. The van der Waals surface area contributed by atoms with Crippen molar-refractivity contribution in [2.45, 2.75) is 30.8 Å². The number of thioether (sulfide) groups is 1. The molecule has 6 heteroatoms. The molecule has 3 aromatic carbocycles. The smallest absolute Gasteiger partial charge is 0.243 e. The van der Waals surface area contributed by atoms with Gasteiger partial charge in [-0.2, -0.15) is 0 Å². The van der Waals surface area contributed by atoms with Gasteiger partial charge < -0.3 is 10.2 Å². The zero-order chi connectivity index (χ0) is 22.8. The zero-order valence-corrected chi connectivity index (χ0v) is 19.6. The minimum atomic E-state index is -0.614. The minimum Gasteiger partial charge on any atom is -0.355 e. The molecule has 3 aromatic rings. The summed E-state index contributed by atoms with van der Waals surface area (Å²) >= 11 is 7.52. The van der Waals surface area contributed by atoms with Gasteiger partial charge in [0.1, 0.15) is 6.04 Å². The summed E-state index contributed by atoms with van der Waals surface area (Å²) < 4.78 is 0. The lowest BCUT2D eigenvalue weighted by Gasteiger charge is -2.31. The topological polar surface area (TPSA) is 49.4 Å². The summed E-state index contributed by atoms with van der Waals surface area (Å²) in [5.41, 5.74) is 1.93. The average Bonchev–Trinajstić information content (AvgIpc) is 2.82. The monoisotopic (exact) mass is 466 g/mol. The number of hydrogen-bond donors (Lipinski definition) is 1. The third-order valence-corrected chi connectivity index (χ3v) is 6.24. The van der Waals surface area contributed by atoms with Crippen molar-refractivity contribution in [3.8, 4) is 0 Å². The van der Waals surface area contributed by atoms with E-state index in [1.807, 2.05) is 79.7 Å². The Hall–Kier alpha value is -2.76. The Labute approximate surface area is 199 Å². The molecule has 3 rings (SSSR count). The van der Waals surface area contributed by atoms with Gasteiger partial charge in [-0.1, -0.05) is 72.3 Å². The van der Waals surface area contributed by atoms with Gasteiger partial charge in [0.05, 0.1) is 5.75 Å². The molecule has 0 aromatic heterocycles. The molecule has 1 atom stereocenters. The Balaban J connectivity index is 1.87. The van der Waals surface area contributed by atoms with E-state index in [0.29, 0.717) is 24.5 Å². The van der Waals surface area contributed by atoms with E-state index in [1.54, 1.807) is 17.0 Å². The first-order valence-electron chi connectivity index (χ1n) is 10.6. The van der Waals surface area contributed by atoms with Crippen molar-refractivity contribution in [2.24, 2.45) is 0 Å². The van der Waals surface area contributed by atoms with Crippen molar-refractivity contribution in [1.29, 1.82) is 0 Å². The summed E-state index contributed by atoms with van der Waals surface area (Å²) in [6.07, 6.45) is 0.446. The van der Waals surface area contributed by atoms with Gasteiger partial charge in [-0.25, -0.2) is 0 Å². The molecule has 32 heavy (non-hydrogen) atoms. The molecular weight excluding hydrogens is 440 g/mol. The van der Waals surface area contributed by atoms with E-state index in [2.05, 4.69) is 5.32 Å². The lowest BCUT2D eigenvalue weighted by atomic mass is 10.0. The van der Waals surface area contributed by atoms with E-state index < -0.39 is 6.04 Å². The molecule has 0 saturated heterocycles. The van der Waals surface area contributed by atoms with Gasteiger partial charge in [0.25, 0.3) is 0 Å². The Bertz CT molecular complexity index is 997. The fraction of sp³-hybridized carbons (Fsp3) is 0.231. The highest BCUT2D eigenvalue weighted by Gasteiger charge is 2.30. The van der Waals surface area contributed by atoms with Crippen LogP contribution in [0.4, 0.5) is 0 Å². The molecule has 0 spiro atoms. The van der Waals surface area contributed by atoms with Gasteiger partial charge in [0.2, 0.25) is 11.8 Å². The molecular formula is C26H27ClN2O2S. The van der Waals surface area contributed by atoms with E-state index in [-0.39, 0.29) is 17.6 Å². The summed E-state index contributed by atoms with van der Waals surface area (Å²) in [6, 6.07) is 26.4. The predicted octanol–water partition coefficient (Wildman–Crippen LogP) is 5.21. The summed E-state index contributed by atoms with van der Waals surface area (Å²) in [4.78, 5) is 29.2. The van der Waals surface area contributed by atoms with Crippen LogP contribution in [0.5, 0.6) is 0 Å². The van der Waals surface area contributed by atoms with E-state index in [9.17, 15) is 9.59 Å². The van der Waals surface area contributed by atoms with Gasteiger partial charge >= 0.3 is 0 Å². The maximum absolute atomic E-state index is 13.4. The molecule has 0 aliphatic carbocycles. The third kappa shape index (κ3) is 7.14. The maximum atomic E-state index is 13.4. The van der Waals surface area contributed by atoms with Gasteiger partial charge in [-0.05, 0) is 42.3 Å². The van der Waals surface area contributed by atoms with Gasteiger partial charge in [0, 0.05) is 29.4 Å². The molecule has 0 bridgehead atoms. The highest BCUT2D eigenvalue weighted by molar-refractivity contribution is 8.00. The molecule has 1 unspecified atom stereocenters. The molecule has 166 valence electrons. The van der Waals surface area contributed by atoms with Gasteiger partial charge in [-0.15, -0.1) is 11.8 Å². The number of rotatable bonds is 10. The molecule has 0 fully saturated rings. The number of likely N-dealkylation sites (N-methyl/N-ethyl adjacent to an activating group) is 1. The van der Waals surface area contributed by atoms with Crippen LogP contribution in [0.3, 0.4) is 0 Å². The summed E-state index contributed by atoms with van der Waals surface area (Å²) in [5, 5.41) is 3.54. The Kier molecular flexibility index (Phi) is 9.20. The lowest BCUT2D eigenvalue weighted by molar-refractivity contribution is -0.139. The SMILES string of the molecule is CCNC(=O)C(Cc1ccccc1)N(Cc1ccc(Cl)cc1)C(=O)CSc1ccccc1. The van der Waals surface area contributed by atoms with Crippen LogP contribution in [0, 0.1) is 0 Å². The Morgan fingerprint density at radius 1 is 0.906 bits per heavy atom. The maximum Gasteiger partial charge on any atom is 0.243 e. The number of carbonyl (C=O) groups is 2. The van der Waals surface area contributed by atoms with Gasteiger partial charge in [-0.3, -0.25) is 9.59 Å². The van der Waals surface area contributed by atoms with Crippen LogP contribution in [0.15, 0.2) is 89.8 Å². The summed E-state index contributed by atoms with van der Waals surface area (Å²) in [6.45, 7) is 2.72. The van der Waals surface area contributed by atoms with Gasteiger partial charge in [0.15, 0.2) is 0 Å².